The molecule has 1 aromatic heterocycles. The van der Waals surface area contributed by atoms with Crippen LogP contribution >= 0.6 is 0 Å². The molecule has 1 heterocycles. The first-order valence-corrected chi connectivity index (χ1v) is 5.14. The van der Waals surface area contributed by atoms with Gasteiger partial charge in [0.25, 0.3) is 0 Å². The Morgan fingerprint density at radius 2 is 2.20 bits per heavy atom. The zero-order valence-corrected chi connectivity index (χ0v) is 8.94. The minimum Gasteiger partial charge on any atom is -0.328 e. The number of rotatable bonds is 5. The standard InChI is InChI=1S/C11H17N3O/c1-9(12)3-2-4-11(15)14-10-5-7-13-8-6-10/h5-9H,2-4,12H2,1H3,(H,13,14,15). The number of carbonyl (C=O) groups is 1. The van der Waals surface area contributed by atoms with E-state index in [2.05, 4.69) is 10.3 Å². The van der Waals surface area contributed by atoms with Gasteiger partial charge in [0.2, 0.25) is 5.91 Å². The lowest BCUT2D eigenvalue weighted by Crippen LogP contribution is -2.16. The van der Waals surface area contributed by atoms with Crippen LogP contribution in [0.5, 0.6) is 0 Å². The molecule has 0 aliphatic rings. The Labute approximate surface area is 89.9 Å². The second-order valence-corrected chi connectivity index (χ2v) is 3.65. The van der Waals surface area contributed by atoms with Crippen molar-refractivity contribution in [2.75, 3.05) is 5.32 Å². The molecule has 1 rings (SSSR count). The lowest BCUT2D eigenvalue weighted by atomic mass is 10.1. The van der Waals surface area contributed by atoms with Crippen LogP contribution in [0.2, 0.25) is 0 Å². The summed E-state index contributed by atoms with van der Waals surface area (Å²) in [6, 6.07) is 3.70. The Morgan fingerprint density at radius 3 is 2.80 bits per heavy atom. The molecule has 0 aliphatic carbocycles. The van der Waals surface area contributed by atoms with Gasteiger partial charge >= 0.3 is 0 Å². The van der Waals surface area contributed by atoms with E-state index < -0.39 is 0 Å². The van der Waals surface area contributed by atoms with E-state index in [1.165, 1.54) is 0 Å². The second-order valence-electron chi connectivity index (χ2n) is 3.65. The highest BCUT2D eigenvalue weighted by Crippen LogP contribution is 2.05. The van der Waals surface area contributed by atoms with Crippen LogP contribution in [0.25, 0.3) is 0 Å². The number of aromatic nitrogens is 1. The van der Waals surface area contributed by atoms with Crippen molar-refractivity contribution in [1.82, 2.24) is 4.98 Å². The van der Waals surface area contributed by atoms with E-state index in [-0.39, 0.29) is 11.9 Å². The molecule has 1 atom stereocenters. The van der Waals surface area contributed by atoms with Crippen molar-refractivity contribution < 1.29 is 4.79 Å². The number of nitrogens with one attached hydrogen (secondary N) is 1. The molecular formula is C11H17N3O. The van der Waals surface area contributed by atoms with Gasteiger partial charge in [0.05, 0.1) is 0 Å². The summed E-state index contributed by atoms with van der Waals surface area (Å²) in [5, 5.41) is 2.80. The number of amides is 1. The fourth-order valence-electron chi connectivity index (χ4n) is 1.24. The van der Waals surface area contributed by atoms with Gasteiger partial charge < -0.3 is 11.1 Å². The fraction of sp³-hybridized carbons (Fsp3) is 0.455. The zero-order valence-electron chi connectivity index (χ0n) is 8.94. The Bertz CT molecular complexity index is 298. The quantitative estimate of drug-likeness (QED) is 0.769. The van der Waals surface area contributed by atoms with Crippen LogP contribution in [0, 0.1) is 0 Å². The van der Waals surface area contributed by atoms with Crippen LogP contribution in [-0.4, -0.2) is 16.9 Å². The van der Waals surface area contributed by atoms with E-state index in [9.17, 15) is 4.79 Å². The van der Waals surface area contributed by atoms with Crippen LogP contribution in [0.3, 0.4) is 0 Å². The molecule has 15 heavy (non-hydrogen) atoms. The molecule has 0 radical (unpaired) electrons. The van der Waals surface area contributed by atoms with E-state index in [1.54, 1.807) is 24.5 Å². The minimum absolute atomic E-state index is 0.0295. The van der Waals surface area contributed by atoms with Gasteiger partial charge in [0, 0.05) is 30.5 Å². The van der Waals surface area contributed by atoms with E-state index >= 15 is 0 Å². The molecule has 82 valence electrons. The lowest BCUT2D eigenvalue weighted by molar-refractivity contribution is -0.116. The van der Waals surface area contributed by atoms with E-state index in [0.29, 0.717) is 6.42 Å². The van der Waals surface area contributed by atoms with Crippen molar-refractivity contribution in [1.29, 1.82) is 0 Å². The first-order valence-electron chi connectivity index (χ1n) is 5.14. The number of nitrogens with two attached hydrogens (primary N) is 1. The molecule has 1 amide bonds. The number of nitrogens with zero attached hydrogens (tertiary/aromatic N) is 1. The predicted molar refractivity (Wildman–Crippen MR) is 60.4 cm³/mol. The molecule has 4 nitrogen and oxygen atoms in total. The Kier molecular flexibility index (Phi) is 4.77. The summed E-state index contributed by atoms with van der Waals surface area (Å²) in [4.78, 5) is 15.3. The molecule has 3 N–H and O–H groups in total. The van der Waals surface area contributed by atoms with Gasteiger partial charge in [-0.1, -0.05) is 0 Å². The molecular weight excluding hydrogens is 190 g/mol. The van der Waals surface area contributed by atoms with Crippen molar-refractivity contribution in [3.8, 4) is 0 Å². The van der Waals surface area contributed by atoms with Crippen LogP contribution in [0.15, 0.2) is 24.5 Å². The Balaban J connectivity index is 2.25. The highest BCUT2D eigenvalue weighted by Gasteiger charge is 2.02. The number of anilines is 1. The SMILES string of the molecule is CC(N)CCCC(=O)Nc1ccncc1. The van der Waals surface area contributed by atoms with Gasteiger partial charge in [-0.05, 0) is 31.9 Å². The van der Waals surface area contributed by atoms with Gasteiger partial charge in [-0.25, -0.2) is 0 Å². The fourth-order valence-corrected chi connectivity index (χ4v) is 1.24. The maximum Gasteiger partial charge on any atom is 0.224 e. The molecule has 0 fully saturated rings. The lowest BCUT2D eigenvalue weighted by Gasteiger charge is -2.06. The summed E-state index contributed by atoms with van der Waals surface area (Å²) in [7, 11) is 0. The monoisotopic (exact) mass is 207 g/mol. The maximum atomic E-state index is 11.4. The van der Waals surface area contributed by atoms with Crippen LogP contribution in [-0.2, 0) is 4.79 Å². The first kappa shape index (κ1) is 11.7. The van der Waals surface area contributed by atoms with Gasteiger partial charge in [-0.15, -0.1) is 0 Å². The molecule has 0 saturated carbocycles. The molecule has 4 heteroatoms. The summed E-state index contributed by atoms with van der Waals surface area (Å²) in [5.41, 5.74) is 6.38. The highest BCUT2D eigenvalue weighted by molar-refractivity contribution is 5.90. The average molecular weight is 207 g/mol. The first-order chi connectivity index (χ1) is 7.18. The molecule has 0 saturated heterocycles. The second kappa shape index (κ2) is 6.14. The number of hydrogen-bond donors (Lipinski definition) is 2. The van der Waals surface area contributed by atoms with Crippen LogP contribution in [0.1, 0.15) is 26.2 Å². The molecule has 1 aromatic rings. The maximum absolute atomic E-state index is 11.4. The summed E-state index contributed by atoms with van der Waals surface area (Å²) >= 11 is 0. The predicted octanol–water partition coefficient (Wildman–Crippen LogP) is 1.54. The zero-order chi connectivity index (χ0) is 11.1. The number of hydrogen-bond acceptors (Lipinski definition) is 3. The van der Waals surface area contributed by atoms with Crippen molar-refractivity contribution >= 4 is 11.6 Å². The largest absolute Gasteiger partial charge is 0.328 e. The summed E-state index contributed by atoms with van der Waals surface area (Å²) in [6.45, 7) is 1.95. The van der Waals surface area contributed by atoms with E-state index in [4.69, 9.17) is 5.73 Å². The summed E-state index contributed by atoms with van der Waals surface area (Å²) < 4.78 is 0. The van der Waals surface area contributed by atoms with Gasteiger partial charge in [-0.3, -0.25) is 9.78 Å². The van der Waals surface area contributed by atoms with Crippen molar-refractivity contribution in [2.24, 2.45) is 5.73 Å². The molecule has 0 bridgehead atoms. The minimum atomic E-state index is 0.0295. The molecule has 0 aromatic carbocycles. The summed E-state index contributed by atoms with van der Waals surface area (Å²) in [6.07, 6.45) is 5.53. The van der Waals surface area contributed by atoms with E-state index in [1.807, 2.05) is 6.92 Å². The number of pyridine rings is 1. The van der Waals surface area contributed by atoms with Crippen molar-refractivity contribution in [2.45, 2.75) is 32.2 Å². The Hall–Kier alpha value is -1.42. The van der Waals surface area contributed by atoms with Crippen molar-refractivity contribution in [3.05, 3.63) is 24.5 Å². The molecule has 0 spiro atoms. The van der Waals surface area contributed by atoms with E-state index in [0.717, 1.165) is 18.5 Å². The Morgan fingerprint density at radius 1 is 1.53 bits per heavy atom. The van der Waals surface area contributed by atoms with Gasteiger partial charge in [0.1, 0.15) is 0 Å². The third kappa shape index (κ3) is 5.12. The van der Waals surface area contributed by atoms with Gasteiger partial charge in [-0.2, -0.15) is 0 Å². The normalized spacial score (nSPS) is 12.1. The highest BCUT2D eigenvalue weighted by atomic mass is 16.1. The topological polar surface area (TPSA) is 68.0 Å². The molecule has 1 unspecified atom stereocenters. The van der Waals surface area contributed by atoms with Crippen molar-refractivity contribution in [3.63, 3.8) is 0 Å². The smallest absolute Gasteiger partial charge is 0.224 e. The van der Waals surface area contributed by atoms with Crippen LogP contribution in [0.4, 0.5) is 5.69 Å². The van der Waals surface area contributed by atoms with Gasteiger partial charge in [0.15, 0.2) is 0 Å². The van der Waals surface area contributed by atoms with Crippen LogP contribution < -0.4 is 11.1 Å². The molecule has 0 aliphatic heterocycles. The third-order valence-electron chi connectivity index (χ3n) is 2.03. The third-order valence-corrected chi connectivity index (χ3v) is 2.03. The average Bonchev–Trinajstić information content (AvgIpc) is 2.18. The number of carbonyl (C=O) groups excluding carboxylic acids is 1. The summed E-state index contributed by atoms with van der Waals surface area (Å²) in [5.74, 6) is 0.0295.